The van der Waals surface area contributed by atoms with Gasteiger partial charge in [0.15, 0.2) is 11.5 Å². The summed E-state index contributed by atoms with van der Waals surface area (Å²) in [6.07, 6.45) is 3.49. The number of ether oxygens (including phenoxy) is 2. The SMILES string of the molecule is Cc1cn(N=Cc2ccc(OCc3ccccc3)c(OCc3ccccc3)c2)c(N)n1. The minimum absolute atomic E-state index is 0.345. The molecule has 3 aromatic carbocycles. The van der Waals surface area contributed by atoms with Gasteiger partial charge in [-0.3, -0.25) is 0 Å². The zero-order valence-electron chi connectivity index (χ0n) is 17.3. The van der Waals surface area contributed by atoms with Gasteiger partial charge < -0.3 is 15.2 Å². The zero-order valence-corrected chi connectivity index (χ0v) is 17.3. The van der Waals surface area contributed by atoms with Crippen molar-refractivity contribution in [1.82, 2.24) is 9.66 Å². The van der Waals surface area contributed by atoms with Crippen LogP contribution in [0.15, 0.2) is 90.2 Å². The van der Waals surface area contributed by atoms with Crippen molar-refractivity contribution in [3.63, 3.8) is 0 Å². The number of hydrogen-bond donors (Lipinski definition) is 1. The van der Waals surface area contributed by atoms with Crippen molar-refractivity contribution in [3.05, 3.63) is 107 Å². The molecule has 0 aliphatic rings. The van der Waals surface area contributed by atoms with Crippen LogP contribution in [0.5, 0.6) is 11.5 Å². The topological polar surface area (TPSA) is 74.7 Å². The smallest absolute Gasteiger partial charge is 0.221 e. The first-order valence-corrected chi connectivity index (χ1v) is 10.0. The fourth-order valence-electron chi connectivity index (χ4n) is 3.03. The number of nitrogen functional groups attached to an aromatic ring is 1. The van der Waals surface area contributed by atoms with Gasteiger partial charge in [0.2, 0.25) is 5.95 Å². The van der Waals surface area contributed by atoms with E-state index < -0.39 is 0 Å². The fraction of sp³-hybridized carbons (Fsp3) is 0.120. The van der Waals surface area contributed by atoms with Crippen LogP contribution in [0.1, 0.15) is 22.4 Å². The van der Waals surface area contributed by atoms with Crippen LogP contribution in [0.2, 0.25) is 0 Å². The van der Waals surface area contributed by atoms with Crippen LogP contribution in [0.4, 0.5) is 5.95 Å². The average molecular weight is 412 g/mol. The van der Waals surface area contributed by atoms with Crippen LogP contribution in [0, 0.1) is 6.92 Å². The second-order valence-electron chi connectivity index (χ2n) is 7.08. The molecule has 1 heterocycles. The van der Waals surface area contributed by atoms with Crippen molar-refractivity contribution in [1.29, 1.82) is 0 Å². The monoisotopic (exact) mass is 412 g/mol. The Hall–Kier alpha value is -4.06. The molecule has 0 spiro atoms. The van der Waals surface area contributed by atoms with E-state index in [2.05, 4.69) is 10.1 Å². The first-order chi connectivity index (χ1) is 15.2. The van der Waals surface area contributed by atoms with E-state index >= 15 is 0 Å². The van der Waals surface area contributed by atoms with E-state index in [1.54, 1.807) is 17.1 Å². The first kappa shape index (κ1) is 20.2. The van der Waals surface area contributed by atoms with Crippen LogP contribution in [0.25, 0.3) is 0 Å². The number of aryl methyl sites for hydroxylation is 1. The largest absolute Gasteiger partial charge is 0.485 e. The molecule has 2 N–H and O–H groups in total. The van der Waals surface area contributed by atoms with Gasteiger partial charge in [-0.2, -0.15) is 5.10 Å². The molecule has 0 aliphatic heterocycles. The summed E-state index contributed by atoms with van der Waals surface area (Å²) < 4.78 is 13.7. The lowest BCUT2D eigenvalue weighted by Gasteiger charge is -2.14. The molecule has 0 fully saturated rings. The number of rotatable bonds is 8. The molecule has 156 valence electrons. The quantitative estimate of drug-likeness (QED) is 0.421. The predicted octanol–water partition coefficient (Wildman–Crippen LogP) is 4.81. The Morgan fingerprint density at radius 3 is 2.06 bits per heavy atom. The number of nitrogens with zero attached hydrogens (tertiary/aromatic N) is 3. The highest BCUT2D eigenvalue weighted by atomic mass is 16.5. The van der Waals surface area contributed by atoms with Gasteiger partial charge in [-0.15, -0.1) is 0 Å². The highest BCUT2D eigenvalue weighted by molar-refractivity contribution is 5.81. The Labute approximate surface area is 181 Å². The molecule has 0 radical (unpaired) electrons. The van der Waals surface area contributed by atoms with Gasteiger partial charge in [0.05, 0.1) is 18.1 Å². The van der Waals surface area contributed by atoms with Crippen LogP contribution < -0.4 is 15.2 Å². The minimum atomic E-state index is 0.345. The maximum absolute atomic E-state index is 6.10. The molecule has 0 amide bonds. The lowest BCUT2D eigenvalue weighted by molar-refractivity contribution is 0.256. The zero-order chi connectivity index (χ0) is 21.5. The van der Waals surface area contributed by atoms with Gasteiger partial charge in [-0.1, -0.05) is 60.7 Å². The third kappa shape index (κ3) is 5.51. The van der Waals surface area contributed by atoms with Gasteiger partial charge in [0.1, 0.15) is 13.2 Å². The Bertz CT molecular complexity index is 1150. The van der Waals surface area contributed by atoms with Crippen molar-refractivity contribution >= 4 is 12.2 Å². The summed E-state index contributed by atoms with van der Waals surface area (Å²) in [5, 5.41) is 4.39. The molecule has 0 atom stereocenters. The fourth-order valence-corrected chi connectivity index (χ4v) is 3.03. The van der Waals surface area contributed by atoms with E-state index in [1.807, 2.05) is 85.8 Å². The number of anilines is 1. The van der Waals surface area contributed by atoms with E-state index in [0.29, 0.717) is 30.7 Å². The third-order valence-corrected chi connectivity index (χ3v) is 4.61. The van der Waals surface area contributed by atoms with Crippen molar-refractivity contribution in [2.24, 2.45) is 5.10 Å². The second-order valence-corrected chi connectivity index (χ2v) is 7.08. The number of benzene rings is 3. The molecule has 0 bridgehead atoms. The Balaban J connectivity index is 1.55. The normalized spacial score (nSPS) is 11.0. The van der Waals surface area contributed by atoms with Crippen molar-refractivity contribution in [2.75, 3.05) is 5.73 Å². The third-order valence-electron chi connectivity index (χ3n) is 4.61. The van der Waals surface area contributed by atoms with Gasteiger partial charge in [0.25, 0.3) is 0 Å². The first-order valence-electron chi connectivity index (χ1n) is 10.0. The maximum Gasteiger partial charge on any atom is 0.221 e. The molecule has 6 heteroatoms. The minimum Gasteiger partial charge on any atom is -0.485 e. The van der Waals surface area contributed by atoms with Crippen molar-refractivity contribution < 1.29 is 9.47 Å². The second kappa shape index (κ2) is 9.63. The Morgan fingerprint density at radius 1 is 0.871 bits per heavy atom. The molecular formula is C25H24N4O2. The highest BCUT2D eigenvalue weighted by Gasteiger charge is 2.08. The van der Waals surface area contributed by atoms with E-state index in [9.17, 15) is 0 Å². The molecular weight excluding hydrogens is 388 g/mol. The predicted molar refractivity (Wildman–Crippen MR) is 122 cm³/mol. The Kier molecular flexibility index (Phi) is 6.28. The molecule has 4 aromatic rings. The molecule has 0 saturated heterocycles. The van der Waals surface area contributed by atoms with Crippen LogP contribution in [-0.2, 0) is 13.2 Å². The summed E-state index contributed by atoms with van der Waals surface area (Å²) in [6.45, 7) is 2.77. The summed E-state index contributed by atoms with van der Waals surface area (Å²) in [5.74, 6) is 1.67. The number of nitrogens with two attached hydrogens (primary N) is 1. The van der Waals surface area contributed by atoms with E-state index in [0.717, 1.165) is 22.4 Å². The summed E-state index contributed by atoms with van der Waals surface area (Å²) in [4.78, 5) is 4.15. The average Bonchev–Trinajstić information content (AvgIpc) is 3.13. The molecule has 4 rings (SSSR count). The Morgan fingerprint density at radius 2 is 1.48 bits per heavy atom. The van der Waals surface area contributed by atoms with Crippen LogP contribution in [-0.4, -0.2) is 15.9 Å². The van der Waals surface area contributed by atoms with E-state index in [4.69, 9.17) is 15.2 Å². The summed E-state index contributed by atoms with van der Waals surface area (Å²) >= 11 is 0. The number of imidazole rings is 1. The van der Waals surface area contributed by atoms with Crippen molar-refractivity contribution in [2.45, 2.75) is 20.1 Å². The molecule has 1 aromatic heterocycles. The summed E-state index contributed by atoms with van der Waals surface area (Å²) in [5.41, 5.74) is 9.70. The van der Waals surface area contributed by atoms with Gasteiger partial charge in [0, 0.05) is 0 Å². The van der Waals surface area contributed by atoms with E-state index in [1.165, 1.54) is 0 Å². The van der Waals surface area contributed by atoms with Gasteiger partial charge in [-0.25, -0.2) is 9.66 Å². The molecule has 6 nitrogen and oxygen atoms in total. The van der Waals surface area contributed by atoms with Gasteiger partial charge >= 0.3 is 0 Å². The summed E-state index contributed by atoms with van der Waals surface area (Å²) in [7, 11) is 0. The highest BCUT2D eigenvalue weighted by Crippen LogP contribution is 2.30. The molecule has 0 unspecified atom stereocenters. The van der Waals surface area contributed by atoms with E-state index in [-0.39, 0.29) is 0 Å². The standard InChI is InChI=1S/C25H24N4O2/c1-19-16-29(25(26)28-19)27-15-22-12-13-23(30-17-20-8-4-2-5-9-20)24(14-22)31-18-21-10-6-3-7-11-21/h2-16H,17-18H2,1H3,(H2,26,28). The molecule has 0 aliphatic carbocycles. The maximum atomic E-state index is 6.10. The number of hydrogen-bond acceptors (Lipinski definition) is 5. The van der Waals surface area contributed by atoms with Crippen LogP contribution in [0.3, 0.4) is 0 Å². The van der Waals surface area contributed by atoms with Crippen LogP contribution >= 0.6 is 0 Å². The van der Waals surface area contributed by atoms with Crippen molar-refractivity contribution in [3.8, 4) is 11.5 Å². The summed E-state index contributed by atoms with van der Waals surface area (Å²) in [6, 6.07) is 25.8. The number of aromatic nitrogens is 2. The lowest BCUT2D eigenvalue weighted by Crippen LogP contribution is -2.02. The molecule has 31 heavy (non-hydrogen) atoms. The van der Waals surface area contributed by atoms with Gasteiger partial charge in [-0.05, 0) is 41.8 Å². The molecule has 0 saturated carbocycles. The lowest BCUT2D eigenvalue weighted by atomic mass is 10.2.